The Hall–Kier alpha value is -3.00. The highest BCUT2D eigenvalue weighted by atomic mass is 35.5. The van der Waals surface area contributed by atoms with Crippen LogP contribution in [-0.2, 0) is 33.6 Å². The minimum Gasteiger partial charge on any atom is -0.300 e. The summed E-state index contributed by atoms with van der Waals surface area (Å²) in [6.07, 6.45) is 16.1. The van der Waals surface area contributed by atoms with E-state index >= 15 is 0 Å². The number of ketones is 3. The smallest absolute Gasteiger partial charge is 0.141 e. The van der Waals surface area contributed by atoms with Crippen molar-refractivity contribution < 1.29 is 14.4 Å². The van der Waals surface area contributed by atoms with Gasteiger partial charge in [0.1, 0.15) is 66.3 Å². The molecule has 9 rings (SSSR count). The SMILES string of the molecule is CC(=O)CC1CCCc2sc3ncnc(Cl)c3c21.CC(=O)C[C@@H]1CCCc2sc3ncnc(Cl)c3c21.CC(=O)C[C@H]1CCCc2sc3ncnc(Cl)c3c21. The number of hydrogen-bond donors (Lipinski definition) is 0. The third kappa shape index (κ3) is 8.25. The van der Waals surface area contributed by atoms with Gasteiger partial charge < -0.3 is 14.4 Å². The summed E-state index contributed by atoms with van der Waals surface area (Å²) in [7, 11) is 0. The van der Waals surface area contributed by atoms with Gasteiger partial charge in [-0.3, -0.25) is 0 Å². The largest absolute Gasteiger partial charge is 0.300 e. The summed E-state index contributed by atoms with van der Waals surface area (Å²) in [5.41, 5.74) is 3.71. The summed E-state index contributed by atoms with van der Waals surface area (Å²) in [6.45, 7) is 4.96. The molecule has 3 aliphatic rings. The maximum atomic E-state index is 11.4. The molecule has 0 saturated heterocycles. The topological polar surface area (TPSA) is 129 Å². The Morgan fingerprint density at radius 1 is 0.519 bits per heavy atom. The van der Waals surface area contributed by atoms with Gasteiger partial charge in [0.25, 0.3) is 0 Å². The number of Topliss-reactive ketones (excluding diaryl/α,β-unsaturated/α-hetero) is 3. The maximum absolute atomic E-state index is 11.4. The second-order valence-electron chi connectivity index (χ2n) is 14.3. The molecule has 0 saturated carbocycles. The van der Waals surface area contributed by atoms with Crippen LogP contribution in [0.15, 0.2) is 19.0 Å². The summed E-state index contributed by atoms with van der Waals surface area (Å²) < 4.78 is 0. The first-order chi connectivity index (χ1) is 26.0. The summed E-state index contributed by atoms with van der Waals surface area (Å²) in [5, 5.41) is 4.49. The van der Waals surface area contributed by atoms with E-state index in [9.17, 15) is 14.4 Å². The van der Waals surface area contributed by atoms with Crippen molar-refractivity contribution in [3.8, 4) is 0 Å². The van der Waals surface area contributed by atoms with Crippen molar-refractivity contribution >= 4 is 117 Å². The lowest BCUT2D eigenvalue weighted by Crippen LogP contribution is -2.11. The van der Waals surface area contributed by atoms with Gasteiger partial charge in [0.2, 0.25) is 0 Å². The molecular formula is C39H39Cl3N6O3S3. The molecule has 15 heteroatoms. The maximum Gasteiger partial charge on any atom is 0.141 e. The number of carbonyl (C=O) groups excluding carboxylic acids is 3. The van der Waals surface area contributed by atoms with Crippen LogP contribution in [0.5, 0.6) is 0 Å². The van der Waals surface area contributed by atoms with Crippen LogP contribution < -0.4 is 0 Å². The number of carbonyl (C=O) groups is 3. The second kappa shape index (κ2) is 17.0. The highest BCUT2D eigenvalue weighted by Crippen LogP contribution is 2.47. The molecule has 6 aromatic heterocycles. The van der Waals surface area contributed by atoms with Gasteiger partial charge in [-0.2, -0.15) is 0 Å². The van der Waals surface area contributed by atoms with Gasteiger partial charge in [-0.05, 0) is 113 Å². The molecule has 0 bridgehead atoms. The minimum absolute atomic E-state index is 0.236. The van der Waals surface area contributed by atoms with E-state index in [2.05, 4.69) is 29.9 Å². The first-order valence-corrected chi connectivity index (χ1v) is 21.8. The third-order valence-corrected chi connectivity index (χ3v) is 14.7. The van der Waals surface area contributed by atoms with Crippen LogP contribution in [0.3, 0.4) is 0 Å². The van der Waals surface area contributed by atoms with E-state index in [1.54, 1.807) is 54.8 Å². The van der Waals surface area contributed by atoms with E-state index in [1.165, 1.54) is 50.3 Å². The Morgan fingerprint density at radius 2 is 0.796 bits per heavy atom. The number of halogens is 3. The highest BCUT2D eigenvalue weighted by Gasteiger charge is 2.30. The van der Waals surface area contributed by atoms with E-state index < -0.39 is 0 Å². The molecule has 1 unspecified atom stereocenters. The first kappa shape index (κ1) is 39.2. The van der Waals surface area contributed by atoms with Crippen LogP contribution in [0.1, 0.15) is 128 Å². The van der Waals surface area contributed by atoms with Gasteiger partial charge in [0.15, 0.2) is 0 Å². The summed E-state index contributed by atoms with van der Waals surface area (Å²) in [6, 6.07) is 0. The van der Waals surface area contributed by atoms with Gasteiger partial charge in [0, 0.05) is 33.9 Å². The quantitative estimate of drug-likeness (QED) is 0.150. The van der Waals surface area contributed by atoms with Crippen molar-refractivity contribution in [2.24, 2.45) is 0 Å². The fourth-order valence-corrected chi connectivity index (χ4v) is 13.0. The lowest BCUT2D eigenvalue weighted by atomic mass is 9.83. The van der Waals surface area contributed by atoms with E-state index in [0.29, 0.717) is 52.5 Å². The fourth-order valence-electron chi connectivity index (χ4n) is 8.36. The number of nitrogens with zero attached hydrogens (tertiary/aromatic N) is 6. The Bertz CT molecular complexity index is 2130. The summed E-state index contributed by atoms with van der Waals surface area (Å²) in [4.78, 5) is 66.2. The van der Waals surface area contributed by atoms with Crippen molar-refractivity contribution in [2.75, 3.05) is 0 Å². The molecule has 282 valence electrons. The standard InChI is InChI=1S/3C13H13ClN2OS/c3*1-7(17)5-8-3-2-4-9-10(8)11-12(14)15-6-16-13(11)18-9/h3*6,8H,2-5H2,1H3/t2*8-;/m10./s1. The molecule has 0 aromatic carbocycles. The molecular weight excluding hydrogens is 803 g/mol. The van der Waals surface area contributed by atoms with Gasteiger partial charge in [-0.25, -0.2) is 29.9 Å². The molecule has 0 N–H and O–H groups in total. The first-order valence-electron chi connectivity index (χ1n) is 18.2. The van der Waals surface area contributed by atoms with Gasteiger partial charge >= 0.3 is 0 Å². The molecule has 0 spiro atoms. The molecule has 6 aromatic rings. The van der Waals surface area contributed by atoms with Crippen LogP contribution in [0.25, 0.3) is 30.6 Å². The predicted octanol–water partition coefficient (Wildman–Crippen LogP) is 11.2. The minimum atomic E-state index is 0.236. The molecule has 0 fully saturated rings. The summed E-state index contributed by atoms with van der Waals surface area (Å²) >= 11 is 23.7. The number of hydrogen-bond acceptors (Lipinski definition) is 12. The van der Waals surface area contributed by atoms with Crippen molar-refractivity contribution in [1.82, 2.24) is 29.9 Å². The molecule has 0 aliphatic heterocycles. The van der Waals surface area contributed by atoms with E-state index in [0.717, 1.165) is 88.4 Å². The number of rotatable bonds is 6. The zero-order valence-electron chi connectivity index (χ0n) is 30.2. The lowest BCUT2D eigenvalue weighted by Gasteiger charge is -2.22. The zero-order chi connectivity index (χ0) is 38.1. The molecule has 3 atom stereocenters. The van der Waals surface area contributed by atoms with Gasteiger partial charge in [-0.1, -0.05) is 34.8 Å². The Morgan fingerprint density at radius 3 is 1.06 bits per heavy atom. The Balaban J connectivity index is 0.000000125. The van der Waals surface area contributed by atoms with Gasteiger partial charge in [0.05, 0.1) is 16.2 Å². The van der Waals surface area contributed by atoms with Crippen LogP contribution in [0, 0.1) is 0 Å². The predicted molar refractivity (Wildman–Crippen MR) is 220 cm³/mol. The number of aryl methyl sites for hydroxylation is 3. The monoisotopic (exact) mass is 840 g/mol. The molecule has 9 nitrogen and oxygen atoms in total. The van der Waals surface area contributed by atoms with Crippen LogP contribution >= 0.6 is 68.8 Å². The van der Waals surface area contributed by atoms with Crippen molar-refractivity contribution in [1.29, 1.82) is 0 Å². The highest BCUT2D eigenvalue weighted by molar-refractivity contribution is 7.19. The van der Waals surface area contributed by atoms with E-state index in [1.807, 2.05) is 0 Å². The Kier molecular flexibility index (Phi) is 12.4. The van der Waals surface area contributed by atoms with Gasteiger partial charge in [-0.15, -0.1) is 34.0 Å². The van der Waals surface area contributed by atoms with Crippen LogP contribution in [-0.4, -0.2) is 47.3 Å². The average Bonchev–Trinajstić information content (AvgIpc) is 3.82. The Labute approximate surface area is 340 Å². The van der Waals surface area contributed by atoms with Crippen LogP contribution in [0.4, 0.5) is 0 Å². The third-order valence-electron chi connectivity index (χ3n) is 10.4. The molecule has 6 heterocycles. The average molecular weight is 842 g/mol. The van der Waals surface area contributed by atoms with Crippen molar-refractivity contribution in [3.05, 3.63) is 65.8 Å². The van der Waals surface area contributed by atoms with E-state index in [-0.39, 0.29) is 17.3 Å². The number of fused-ring (bicyclic) bond motifs is 9. The second-order valence-corrected chi connectivity index (χ2v) is 18.7. The molecule has 0 radical (unpaired) electrons. The summed E-state index contributed by atoms with van der Waals surface area (Å²) in [5.74, 6) is 1.59. The zero-order valence-corrected chi connectivity index (χ0v) is 34.9. The number of thiophene rings is 3. The molecule has 3 aliphatic carbocycles. The number of aromatic nitrogens is 6. The normalized spacial score (nSPS) is 18.9. The van der Waals surface area contributed by atoms with Crippen molar-refractivity contribution in [2.45, 2.75) is 116 Å². The lowest BCUT2D eigenvalue weighted by molar-refractivity contribution is -0.118. The van der Waals surface area contributed by atoms with Crippen LogP contribution in [0.2, 0.25) is 15.5 Å². The fraction of sp³-hybridized carbons (Fsp3) is 0.462. The van der Waals surface area contributed by atoms with Crippen molar-refractivity contribution in [3.63, 3.8) is 0 Å². The molecule has 54 heavy (non-hydrogen) atoms. The molecule has 0 amide bonds. The van der Waals surface area contributed by atoms with E-state index in [4.69, 9.17) is 34.8 Å².